The third-order valence-electron chi connectivity index (χ3n) is 4.75. The van der Waals surface area contributed by atoms with Crippen molar-refractivity contribution in [3.63, 3.8) is 0 Å². The predicted octanol–water partition coefficient (Wildman–Crippen LogP) is 4.64. The second kappa shape index (κ2) is 9.00. The van der Waals surface area contributed by atoms with Gasteiger partial charge in [-0.1, -0.05) is 0 Å². The van der Waals surface area contributed by atoms with Crippen molar-refractivity contribution in [1.29, 1.82) is 0 Å². The SMILES string of the molecule is COc1ncc(-c2cnc(Nc3cc(C)cc(F)c3)nc2-n2ccc(C(F)(F)F)n2)cc1C(=O)O. The summed E-state index contributed by atoms with van der Waals surface area (Å²) in [6.45, 7) is 1.68. The van der Waals surface area contributed by atoms with E-state index in [0.29, 0.717) is 11.3 Å². The lowest BCUT2D eigenvalue weighted by Crippen LogP contribution is -2.10. The molecule has 3 aromatic heterocycles. The monoisotopic (exact) mass is 488 g/mol. The van der Waals surface area contributed by atoms with Crippen molar-refractivity contribution in [3.05, 3.63) is 71.6 Å². The molecular formula is C22H16F4N6O3. The number of aryl methyl sites for hydroxylation is 1. The number of pyridine rings is 1. The highest BCUT2D eigenvalue weighted by Gasteiger charge is 2.34. The Balaban J connectivity index is 1.85. The number of carbonyl (C=O) groups is 1. The predicted molar refractivity (Wildman–Crippen MR) is 115 cm³/mol. The molecule has 35 heavy (non-hydrogen) atoms. The zero-order chi connectivity index (χ0) is 25.3. The van der Waals surface area contributed by atoms with E-state index in [1.165, 1.54) is 37.7 Å². The van der Waals surface area contributed by atoms with Gasteiger partial charge in [-0.15, -0.1) is 0 Å². The van der Waals surface area contributed by atoms with E-state index in [-0.39, 0.29) is 34.3 Å². The molecule has 0 aliphatic rings. The van der Waals surface area contributed by atoms with Gasteiger partial charge >= 0.3 is 12.1 Å². The normalized spacial score (nSPS) is 11.4. The van der Waals surface area contributed by atoms with E-state index in [0.717, 1.165) is 16.9 Å². The van der Waals surface area contributed by atoms with E-state index in [1.54, 1.807) is 13.0 Å². The van der Waals surface area contributed by atoms with Crippen LogP contribution in [0.3, 0.4) is 0 Å². The summed E-state index contributed by atoms with van der Waals surface area (Å²) in [6.07, 6.45) is -1.11. The third-order valence-corrected chi connectivity index (χ3v) is 4.75. The van der Waals surface area contributed by atoms with Crippen LogP contribution in [0.2, 0.25) is 0 Å². The van der Waals surface area contributed by atoms with Gasteiger partial charge in [-0.3, -0.25) is 0 Å². The van der Waals surface area contributed by atoms with Gasteiger partial charge in [0, 0.05) is 35.4 Å². The Morgan fingerprint density at radius 1 is 1.14 bits per heavy atom. The quantitative estimate of drug-likeness (QED) is 0.377. The zero-order valence-electron chi connectivity index (χ0n) is 18.1. The summed E-state index contributed by atoms with van der Waals surface area (Å²) < 4.78 is 59.1. The molecule has 0 radical (unpaired) electrons. The Labute approximate surface area is 195 Å². The molecule has 180 valence electrons. The number of benzene rings is 1. The van der Waals surface area contributed by atoms with Crippen molar-refractivity contribution in [2.24, 2.45) is 0 Å². The fourth-order valence-corrected chi connectivity index (χ4v) is 3.26. The number of methoxy groups -OCH3 is 1. The number of aromatic nitrogens is 5. The minimum atomic E-state index is -4.70. The molecule has 0 aliphatic heterocycles. The van der Waals surface area contributed by atoms with Gasteiger partial charge in [0.15, 0.2) is 11.5 Å². The van der Waals surface area contributed by atoms with Crippen LogP contribution in [0.1, 0.15) is 21.6 Å². The van der Waals surface area contributed by atoms with E-state index >= 15 is 0 Å². The number of hydrogen-bond donors (Lipinski definition) is 2. The highest BCUT2D eigenvalue weighted by molar-refractivity contribution is 5.92. The molecule has 3 heterocycles. The Morgan fingerprint density at radius 3 is 2.54 bits per heavy atom. The summed E-state index contributed by atoms with van der Waals surface area (Å²) >= 11 is 0. The van der Waals surface area contributed by atoms with Crippen LogP contribution < -0.4 is 10.1 Å². The van der Waals surface area contributed by atoms with Gasteiger partial charge < -0.3 is 15.2 Å². The van der Waals surface area contributed by atoms with Crippen molar-refractivity contribution < 1.29 is 32.2 Å². The summed E-state index contributed by atoms with van der Waals surface area (Å²) in [5, 5.41) is 15.8. The molecule has 0 aliphatic carbocycles. The number of carboxylic acids is 1. The van der Waals surface area contributed by atoms with Crippen molar-refractivity contribution in [1.82, 2.24) is 24.7 Å². The van der Waals surface area contributed by atoms with Crippen molar-refractivity contribution in [3.8, 4) is 22.8 Å². The average Bonchev–Trinajstić information content (AvgIpc) is 3.29. The van der Waals surface area contributed by atoms with Gasteiger partial charge in [0.05, 0.1) is 7.11 Å². The molecule has 0 spiro atoms. The van der Waals surface area contributed by atoms with Crippen LogP contribution in [-0.2, 0) is 6.18 Å². The Kier molecular flexibility index (Phi) is 6.07. The van der Waals surface area contributed by atoms with Gasteiger partial charge in [0.25, 0.3) is 0 Å². The van der Waals surface area contributed by atoms with Gasteiger partial charge in [-0.2, -0.15) is 23.3 Å². The lowest BCUT2D eigenvalue weighted by atomic mass is 10.1. The first-order chi connectivity index (χ1) is 16.5. The molecule has 0 amide bonds. The Bertz CT molecular complexity index is 1400. The molecule has 1 aromatic carbocycles. The van der Waals surface area contributed by atoms with Crippen molar-refractivity contribution in [2.75, 3.05) is 12.4 Å². The minimum absolute atomic E-state index is 0.0577. The molecule has 0 atom stereocenters. The van der Waals surface area contributed by atoms with Crippen molar-refractivity contribution in [2.45, 2.75) is 13.1 Å². The molecule has 13 heteroatoms. The second-order valence-corrected chi connectivity index (χ2v) is 7.30. The lowest BCUT2D eigenvalue weighted by molar-refractivity contribution is -0.141. The van der Waals surface area contributed by atoms with Gasteiger partial charge in [0.1, 0.15) is 11.4 Å². The molecule has 0 saturated carbocycles. The molecule has 9 nitrogen and oxygen atoms in total. The van der Waals surface area contributed by atoms with Crippen LogP contribution in [0, 0.1) is 12.7 Å². The van der Waals surface area contributed by atoms with Crippen LogP contribution in [0.5, 0.6) is 5.88 Å². The number of alkyl halides is 3. The number of rotatable bonds is 6. The summed E-state index contributed by atoms with van der Waals surface area (Å²) in [6, 6.07) is 6.14. The largest absolute Gasteiger partial charge is 0.480 e. The smallest absolute Gasteiger partial charge is 0.435 e. The molecular weight excluding hydrogens is 472 g/mol. The van der Waals surface area contributed by atoms with Crippen LogP contribution >= 0.6 is 0 Å². The van der Waals surface area contributed by atoms with Crippen molar-refractivity contribution >= 4 is 17.6 Å². The number of aromatic carboxylic acids is 1. The number of nitrogens with zero attached hydrogens (tertiary/aromatic N) is 5. The first-order valence-corrected chi connectivity index (χ1v) is 9.87. The topological polar surface area (TPSA) is 115 Å². The molecule has 4 rings (SSSR count). The maximum atomic E-state index is 13.8. The molecule has 0 saturated heterocycles. The van der Waals surface area contributed by atoms with E-state index < -0.39 is 23.7 Å². The Morgan fingerprint density at radius 2 is 1.91 bits per heavy atom. The average molecular weight is 488 g/mol. The van der Waals surface area contributed by atoms with E-state index in [1.807, 2.05) is 0 Å². The van der Waals surface area contributed by atoms with Gasteiger partial charge in [0.2, 0.25) is 11.8 Å². The Hall–Kier alpha value is -4.55. The maximum absolute atomic E-state index is 13.8. The summed E-state index contributed by atoms with van der Waals surface area (Å²) in [7, 11) is 1.25. The first kappa shape index (κ1) is 23.6. The molecule has 0 fully saturated rings. The number of hydrogen-bond acceptors (Lipinski definition) is 7. The van der Waals surface area contributed by atoms with Gasteiger partial charge in [-0.25, -0.2) is 23.8 Å². The molecule has 2 N–H and O–H groups in total. The molecule has 0 unspecified atom stereocenters. The summed E-state index contributed by atoms with van der Waals surface area (Å²) in [5.74, 6) is -2.14. The van der Waals surface area contributed by atoms with Crippen LogP contribution in [-0.4, -0.2) is 42.9 Å². The number of carboxylic acid groups (broad SMARTS) is 1. The lowest BCUT2D eigenvalue weighted by Gasteiger charge is -2.13. The fourth-order valence-electron chi connectivity index (χ4n) is 3.26. The highest BCUT2D eigenvalue weighted by Crippen LogP contribution is 2.32. The van der Waals surface area contributed by atoms with Crippen LogP contribution in [0.4, 0.5) is 29.2 Å². The highest BCUT2D eigenvalue weighted by atomic mass is 19.4. The maximum Gasteiger partial charge on any atom is 0.435 e. The molecule has 4 aromatic rings. The van der Waals surface area contributed by atoms with E-state index in [4.69, 9.17) is 4.74 Å². The van der Waals surface area contributed by atoms with Crippen LogP contribution in [0.25, 0.3) is 16.9 Å². The first-order valence-electron chi connectivity index (χ1n) is 9.87. The number of ether oxygens (including phenoxy) is 1. The van der Waals surface area contributed by atoms with Gasteiger partial charge in [-0.05, 0) is 42.8 Å². The second-order valence-electron chi connectivity index (χ2n) is 7.30. The van der Waals surface area contributed by atoms with Crippen LogP contribution in [0.15, 0.2) is 48.9 Å². The molecule has 0 bridgehead atoms. The zero-order valence-corrected chi connectivity index (χ0v) is 18.1. The minimum Gasteiger partial charge on any atom is -0.480 e. The van der Waals surface area contributed by atoms with E-state index in [2.05, 4.69) is 25.4 Å². The third kappa shape index (κ3) is 5.03. The summed E-state index contributed by atoms with van der Waals surface area (Å²) in [5.41, 5.74) is -0.161. The number of halogens is 4. The number of nitrogens with one attached hydrogen (secondary N) is 1. The van der Waals surface area contributed by atoms with E-state index in [9.17, 15) is 27.5 Å². The fraction of sp³-hybridized carbons (Fsp3) is 0.136. The number of anilines is 2. The summed E-state index contributed by atoms with van der Waals surface area (Å²) in [4.78, 5) is 24.0. The standard InChI is InChI=1S/C22H16F4N6O3/c1-11-5-13(23)8-14(6-11)29-21-28-10-16(12-7-15(20(33)34)19(35-2)27-9-12)18(30-21)32-4-3-17(31-32)22(24,25)26/h3-10H,1-2H3,(H,33,34)(H,28,29,30).